The Labute approximate surface area is 115 Å². The molecule has 94 valence electrons. The van der Waals surface area contributed by atoms with Crippen molar-refractivity contribution in [1.82, 2.24) is 0 Å². The minimum Gasteiger partial charge on any atom is -0.489 e. The highest BCUT2D eigenvalue weighted by atomic mass is 79.9. The molecule has 0 radical (unpaired) electrons. The minimum absolute atomic E-state index is 0.0638. The van der Waals surface area contributed by atoms with Crippen LogP contribution in [-0.4, -0.2) is 5.11 Å². The van der Waals surface area contributed by atoms with E-state index in [1.54, 1.807) is 0 Å². The van der Waals surface area contributed by atoms with Gasteiger partial charge in [0.15, 0.2) is 0 Å². The Hall–Kier alpha value is -1.32. The third-order valence-corrected chi connectivity index (χ3v) is 3.34. The standard InChI is InChI=1S/C15H15BrO2/c16-9-12-1-3-14(4-2-12)11-18-15-7-5-13(10-17)6-8-15/h1-8,17H,9-11H2. The molecule has 18 heavy (non-hydrogen) atoms. The van der Waals surface area contributed by atoms with Crippen molar-refractivity contribution in [2.45, 2.75) is 18.5 Å². The number of hydrogen-bond acceptors (Lipinski definition) is 2. The summed E-state index contributed by atoms with van der Waals surface area (Å²) in [5, 5.41) is 9.81. The highest BCUT2D eigenvalue weighted by molar-refractivity contribution is 9.08. The Morgan fingerprint density at radius 2 is 1.39 bits per heavy atom. The number of aliphatic hydroxyl groups excluding tert-OH is 1. The molecule has 1 N–H and O–H groups in total. The molecule has 3 heteroatoms. The summed E-state index contributed by atoms with van der Waals surface area (Å²) in [7, 11) is 0. The van der Waals surface area contributed by atoms with Gasteiger partial charge in [0.1, 0.15) is 12.4 Å². The average Bonchev–Trinajstić information content (AvgIpc) is 2.46. The molecule has 2 rings (SSSR count). The number of halogens is 1. The fourth-order valence-electron chi connectivity index (χ4n) is 1.58. The van der Waals surface area contributed by atoms with Crippen molar-refractivity contribution in [1.29, 1.82) is 0 Å². The molecule has 0 atom stereocenters. The van der Waals surface area contributed by atoms with Crippen molar-refractivity contribution in [3.63, 3.8) is 0 Å². The zero-order valence-electron chi connectivity index (χ0n) is 9.97. The van der Waals surface area contributed by atoms with Gasteiger partial charge in [0.25, 0.3) is 0 Å². The lowest BCUT2D eigenvalue weighted by Crippen LogP contribution is -1.95. The molecule has 0 spiro atoms. The fourth-order valence-corrected chi connectivity index (χ4v) is 1.96. The largest absolute Gasteiger partial charge is 0.489 e. The Kier molecular flexibility index (Phi) is 4.79. The summed E-state index contributed by atoms with van der Waals surface area (Å²) in [4.78, 5) is 0. The third-order valence-electron chi connectivity index (χ3n) is 2.69. The van der Waals surface area contributed by atoms with E-state index in [1.165, 1.54) is 5.56 Å². The summed E-state index contributed by atoms with van der Waals surface area (Å²) >= 11 is 3.42. The molecular weight excluding hydrogens is 292 g/mol. The second-order valence-electron chi connectivity index (χ2n) is 4.04. The molecule has 0 fully saturated rings. The van der Waals surface area contributed by atoms with Gasteiger partial charge in [0.05, 0.1) is 6.61 Å². The van der Waals surface area contributed by atoms with Crippen LogP contribution in [0.2, 0.25) is 0 Å². The number of rotatable bonds is 5. The summed E-state index contributed by atoms with van der Waals surface area (Å²) in [5.74, 6) is 0.816. The monoisotopic (exact) mass is 306 g/mol. The maximum Gasteiger partial charge on any atom is 0.119 e. The summed E-state index contributed by atoms with van der Waals surface area (Å²) in [6, 6.07) is 15.8. The number of benzene rings is 2. The molecule has 0 bridgehead atoms. The topological polar surface area (TPSA) is 29.5 Å². The van der Waals surface area contributed by atoms with Crippen LogP contribution in [0.25, 0.3) is 0 Å². The lowest BCUT2D eigenvalue weighted by Gasteiger charge is -2.07. The predicted octanol–water partition coefficient (Wildman–Crippen LogP) is 3.65. The van der Waals surface area contributed by atoms with Crippen molar-refractivity contribution in [2.24, 2.45) is 0 Å². The second-order valence-corrected chi connectivity index (χ2v) is 4.60. The van der Waals surface area contributed by atoms with E-state index in [9.17, 15) is 0 Å². The third kappa shape index (κ3) is 3.59. The molecular formula is C15H15BrO2. The molecule has 0 saturated heterocycles. The lowest BCUT2D eigenvalue weighted by molar-refractivity contribution is 0.280. The van der Waals surface area contributed by atoms with Crippen LogP contribution in [0.15, 0.2) is 48.5 Å². The minimum atomic E-state index is 0.0638. The fraction of sp³-hybridized carbons (Fsp3) is 0.200. The van der Waals surface area contributed by atoms with Gasteiger partial charge in [-0.15, -0.1) is 0 Å². The van der Waals surface area contributed by atoms with E-state index in [1.807, 2.05) is 24.3 Å². The van der Waals surface area contributed by atoms with Gasteiger partial charge in [-0.3, -0.25) is 0 Å². The zero-order chi connectivity index (χ0) is 12.8. The van der Waals surface area contributed by atoms with Gasteiger partial charge in [0.2, 0.25) is 0 Å². The number of aliphatic hydroxyl groups is 1. The number of hydrogen-bond donors (Lipinski definition) is 1. The average molecular weight is 307 g/mol. The van der Waals surface area contributed by atoms with Crippen molar-refractivity contribution < 1.29 is 9.84 Å². The van der Waals surface area contributed by atoms with E-state index in [2.05, 4.69) is 40.2 Å². The quantitative estimate of drug-likeness (QED) is 0.854. The van der Waals surface area contributed by atoms with Gasteiger partial charge in [-0.1, -0.05) is 52.3 Å². The maximum absolute atomic E-state index is 8.94. The van der Waals surface area contributed by atoms with E-state index in [-0.39, 0.29) is 6.61 Å². The van der Waals surface area contributed by atoms with Crippen molar-refractivity contribution in [3.05, 3.63) is 65.2 Å². The number of alkyl halides is 1. The first-order chi connectivity index (χ1) is 8.81. The Bertz CT molecular complexity index is 429. The Morgan fingerprint density at radius 1 is 0.833 bits per heavy atom. The van der Waals surface area contributed by atoms with Crippen molar-refractivity contribution in [3.8, 4) is 5.75 Å². The first-order valence-electron chi connectivity index (χ1n) is 5.78. The van der Waals surface area contributed by atoms with Gasteiger partial charge in [-0.05, 0) is 28.8 Å². The molecule has 2 nitrogen and oxygen atoms in total. The van der Waals surface area contributed by atoms with E-state index >= 15 is 0 Å². The van der Waals surface area contributed by atoms with Gasteiger partial charge >= 0.3 is 0 Å². The normalized spacial score (nSPS) is 10.3. The van der Waals surface area contributed by atoms with Crippen LogP contribution in [0.3, 0.4) is 0 Å². The smallest absolute Gasteiger partial charge is 0.119 e. The molecule has 2 aromatic rings. The highest BCUT2D eigenvalue weighted by Crippen LogP contribution is 2.15. The molecule has 0 amide bonds. The molecule has 2 aromatic carbocycles. The van der Waals surface area contributed by atoms with Crippen LogP contribution in [-0.2, 0) is 18.5 Å². The summed E-state index contributed by atoms with van der Waals surface area (Å²) in [6.45, 7) is 0.620. The molecule has 0 aliphatic carbocycles. The van der Waals surface area contributed by atoms with E-state index in [0.29, 0.717) is 6.61 Å². The van der Waals surface area contributed by atoms with Gasteiger partial charge in [-0.2, -0.15) is 0 Å². The maximum atomic E-state index is 8.94. The van der Waals surface area contributed by atoms with Crippen LogP contribution >= 0.6 is 15.9 Å². The summed E-state index contributed by atoms with van der Waals surface area (Å²) in [5.41, 5.74) is 3.29. The van der Waals surface area contributed by atoms with Crippen LogP contribution in [0, 0.1) is 0 Å². The van der Waals surface area contributed by atoms with Gasteiger partial charge in [0, 0.05) is 5.33 Å². The van der Waals surface area contributed by atoms with Crippen molar-refractivity contribution >= 4 is 15.9 Å². The Morgan fingerprint density at radius 3 is 1.94 bits per heavy atom. The van der Waals surface area contributed by atoms with Crippen LogP contribution in [0.1, 0.15) is 16.7 Å². The predicted molar refractivity (Wildman–Crippen MR) is 75.8 cm³/mol. The molecule has 0 saturated carbocycles. The first-order valence-corrected chi connectivity index (χ1v) is 6.90. The zero-order valence-corrected chi connectivity index (χ0v) is 11.6. The molecule has 0 aromatic heterocycles. The van der Waals surface area contributed by atoms with Crippen LogP contribution in [0.4, 0.5) is 0 Å². The van der Waals surface area contributed by atoms with E-state index in [4.69, 9.17) is 9.84 Å². The molecule has 0 aliphatic rings. The van der Waals surface area contributed by atoms with Crippen molar-refractivity contribution in [2.75, 3.05) is 0 Å². The molecule has 0 unspecified atom stereocenters. The van der Waals surface area contributed by atoms with Gasteiger partial charge in [-0.25, -0.2) is 0 Å². The summed E-state index contributed by atoms with van der Waals surface area (Å²) < 4.78 is 5.67. The first kappa shape index (κ1) is 13.1. The number of ether oxygens (including phenoxy) is 1. The van der Waals surface area contributed by atoms with E-state index < -0.39 is 0 Å². The SMILES string of the molecule is OCc1ccc(OCc2ccc(CBr)cc2)cc1. The summed E-state index contributed by atoms with van der Waals surface area (Å²) in [6.07, 6.45) is 0. The lowest BCUT2D eigenvalue weighted by atomic mass is 10.2. The second kappa shape index (κ2) is 6.57. The van der Waals surface area contributed by atoms with Crippen LogP contribution < -0.4 is 4.74 Å². The molecule has 0 heterocycles. The van der Waals surface area contributed by atoms with Crippen LogP contribution in [0.5, 0.6) is 5.75 Å². The highest BCUT2D eigenvalue weighted by Gasteiger charge is 1.97. The van der Waals surface area contributed by atoms with Gasteiger partial charge < -0.3 is 9.84 Å². The molecule has 0 aliphatic heterocycles. The Balaban J connectivity index is 1.93. The van der Waals surface area contributed by atoms with E-state index in [0.717, 1.165) is 22.2 Å².